The Morgan fingerprint density at radius 3 is 2.03 bits per heavy atom. The second kappa shape index (κ2) is 11.0. The van der Waals surface area contributed by atoms with Gasteiger partial charge in [-0.25, -0.2) is 13.2 Å². The van der Waals surface area contributed by atoms with Gasteiger partial charge in [-0.05, 0) is 74.5 Å². The zero-order valence-electron chi connectivity index (χ0n) is 17.7. The minimum Gasteiger partial charge on any atom is -0.429 e. The van der Waals surface area contributed by atoms with Crippen molar-refractivity contribution in [1.29, 1.82) is 0 Å². The smallest absolute Gasteiger partial charge is 0.387 e. The number of ether oxygens (including phenoxy) is 1. The van der Waals surface area contributed by atoms with Crippen LogP contribution in [0.5, 0.6) is 5.75 Å². The first kappa shape index (κ1) is 23.5. The number of hydrogen-bond acceptors (Lipinski definition) is 1. The van der Waals surface area contributed by atoms with Crippen molar-refractivity contribution >= 4 is 8.80 Å². The number of hydrogen-bond donors (Lipinski definition) is 0. The highest BCUT2D eigenvalue weighted by Crippen LogP contribution is 2.44. The van der Waals surface area contributed by atoms with Gasteiger partial charge in [-0.3, -0.25) is 0 Å². The van der Waals surface area contributed by atoms with Crippen LogP contribution in [0, 0.1) is 23.5 Å². The van der Waals surface area contributed by atoms with Gasteiger partial charge in [-0.1, -0.05) is 37.4 Å². The summed E-state index contributed by atoms with van der Waals surface area (Å²) in [6.45, 7) is -1.61. The van der Waals surface area contributed by atoms with E-state index in [0.29, 0.717) is 17.9 Å². The van der Waals surface area contributed by atoms with E-state index in [0.717, 1.165) is 50.2 Å². The van der Waals surface area contributed by atoms with Crippen molar-refractivity contribution in [2.75, 3.05) is 0 Å². The normalized spacial score (nSPS) is 28.5. The lowest BCUT2D eigenvalue weighted by Gasteiger charge is -2.37. The van der Waals surface area contributed by atoms with Gasteiger partial charge in [0.15, 0.2) is 17.4 Å². The predicted octanol–water partition coefficient (Wildman–Crippen LogP) is 7.62. The molecule has 2 aliphatic rings. The van der Waals surface area contributed by atoms with E-state index in [2.05, 4.69) is 4.74 Å². The molecule has 1 aliphatic carbocycles. The maximum atomic E-state index is 14.0. The molecular formula is C23H33F5OSi. The molecule has 1 saturated heterocycles. The molecule has 0 radical (unpaired) electrons. The summed E-state index contributed by atoms with van der Waals surface area (Å²) in [5.41, 5.74) is 0.545. The third kappa shape index (κ3) is 6.44. The Hall–Kier alpha value is -1.11. The fourth-order valence-electron chi connectivity index (χ4n) is 5.58. The summed E-state index contributed by atoms with van der Waals surface area (Å²) in [5.74, 6) is -1.61. The number of halogens is 5. The van der Waals surface area contributed by atoms with Crippen molar-refractivity contribution in [3.8, 4) is 5.75 Å². The van der Waals surface area contributed by atoms with Crippen LogP contribution in [0.4, 0.5) is 22.0 Å². The van der Waals surface area contributed by atoms with E-state index in [-0.39, 0.29) is 5.92 Å². The van der Waals surface area contributed by atoms with Crippen LogP contribution in [-0.2, 0) is 0 Å². The SMILES string of the molecule is CC(F)CCC[SiH]1CCC(C2CCC(c3cc(F)c(OC(F)F)c(F)c3)CC2)CC1. The van der Waals surface area contributed by atoms with Gasteiger partial charge in [-0.2, -0.15) is 8.78 Å². The van der Waals surface area contributed by atoms with Gasteiger partial charge >= 0.3 is 6.61 Å². The average Bonchev–Trinajstić information content (AvgIpc) is 2.71. The molecule has 170 valence electrons. The van der Waals surface area contributed by atoms with Gasteiger partial charge in [0.1, 0.15) is 0 Å². The largest absolute Gasteiger partial charge is 0.429 e. The van der Waals surface area contributed by atoms with Crippen LogP contribution >= 0.6 is 0 Å². The molecule has 30 heavy (non-hydrogen) atoms. The molecule has 1 saturated carbocycles. The molecular weight excluding hydrogens is 415 g/mol. The molecule has 0 bridgehead atoms. The molecule has 7 heteroatoms. The van der Waals surface area contributed by atoms with Crippen LogP contribution in [-0.4, -0.2) is 21.6 Å². The van der Waals surface area contributed by atoms with Crippen molar-refractivity contribution in [1.82, 2.24) is 0 Å². The molecule has 0 N–H and O–H groups in total. The van der Waals surface area contributed by atoms with Gasteiger partial charge in [-0.15, -0.1) is 0 Å². The van der Waals surface area contributed by atoms with Crippen LogP contribution in [0.1, 0.15) is 69.8 Å². The monoisotopic (exact) mass is 448 g/mol. The summed E-state index contributed by atoms with van der Waals surface area (Å²) in [6, 6.07) is 6.32. The highest BCUT2D eigenvalue weighted by Gasteiger charge is 2.32. The lowest BCUT2D eigenvalue weighted by atomic mass is 9.72. The Balaban J connectivity index is 1.46. The van der Waals surface area contributed by atoms with Crippen molar-refractivity contribution in [2.24, 2.45) is 11.8 Å². The van der Waals surface area contributed by atoms with E-state index in [1.54, 1.807) is 6.92 Å². The molecule has 0 spiro atoms. The Morgan fingerprint density at radius 2 is 1.50 bits per heavy atom. The number of alkyl halides is 3. The minimum atomic E-state index is -3.25. The topological polar surface area (TPSA) is 9.23 Å². The van der Waals surface area contributed by atoms with Gasteiger partial charge in [0.2, 0.25) is 0 Å². The first-order valence-electron chi connectivity index (χ1n) is 11.4. The molecule has 1 unspecified atom stereocenters. The van der Waals surface area contributed by atoms with Crippen molar-refractivity contribution < 1.29 is 26.7 Å². The van der Waals surface area contributed by atoms with E-state index in [1.165, 1.54) is 31.0 Å². The lowest BCUT2D eigenvalue weighted by Crippen LogP contribution is -2.28. The summed E-state index contributed by atoms with van der Waals surface area (Å²) in [4.78, 5) is 0. The van der Waals surface area contributed by atoms with E-state index < -0.39 is 39.0 Å². The summed E-state index contributed by atoms with van der Waals surface area (Å²) >= 11 is 0. The van der Waals surface area contributed by atoms with Gasteiger partial charge in [0.05, 0.1) is 6.17 Å². The van der Waals surface area contributed by atoms with Crippen LogP contribution in [0.25, 0.3) is 0 Å². The zero-order chi connectivity index (χ0) is 21.7. The minimum absolute atomic E-state index is 0.0688. The fourth-order valence-corrected chi connectivity index (χ4v) is 9.06. The standard InChI is InChI=1S/C23H33F5OSi/c1-15(24)3-2-10-30-11-8-18(9-12-30)16-4-6-17(7-5-16)19-13-20(25)22(21(26)14-19)29-23(27)28/h13-18,23,30H,2-12H2,1H3. The average molecular weight is 449 g/mol. The maximum Gasteiger partial charge on any atom is 0.387 e. The number of rotatable bonds is 8. The lowest BCUT2D eigenvalue weighted by molar-refractivity contribution is -0.0546. The Morgan fingerprint density at radius 1 is 0.933 bits per heavy atom. The fraction of sp³-hybridized carbons (Fsp3) is 0.739. The highest BCUT2D eigenvalue weighted by molar-refractivity contribution is 6.58. The predicted molar refractivity (Wildman–Crippen MR) is 112 cm³/mol. The van der Waals surface area contributed by atoms with Crippen LogP contribution in [0.3, 0.4) is 0 Å². The van der Waals surface area contributed by atoms with E-state index in [1.807, 2.05) is 0 Å². The molecule has 1 aromatic carbocycles. The highest BCUT2D eigenvalue weighted by atomic mass is 28.3. The second-order valence-corrected chi connectivity index (χ2v) is 12.8. The summed E-state index contributed by atoms with van der Waals surface area (Å²) in [6.07, 6.45) is 7.51. The first-order valence-corrected chi connectivity index (χ1v) is 13.9. The van der Waals surface area contributed by atoms with Gasteiger partial charge < -0.3 is 4.74 Å². The zero-order valence-corrected chi connectivity index (χ0v) is 18.8. The summed E-state index contributed by atoms with van der Waals surface area (Å²) in [7, 11) is -0.682. The molecule has 0 amide bonds. The molecule has 1 aliphatic heterocycles. The quantitative estimate of drug-likeness (QED) is 0.294. The van der Waals surface area contributed by atoms with E-state index in [9.17, 15) is 22.0 Å². The molecule has 1 atom stereocenters. The molecule has 1 heterocycles. The third-order valence-electron chi connectivity index (χ3n) is 7.24. The Labute approximate surface area is 178 Å². The second-order valence-electron chi connectivity index (χ2n) is 9.30. The van der Waals surface area contributed by atoms with Crippen molar-refractivity contribution in [3.05, 3.63) is 29.3 Å². The maximum absolute atomic E-state index is 14.0. The Kier molecular flexibility index (Phi) is 8.60. The molecule has 2 fully saturated rings. The van der Waals surface area contributed by atoms with Crippen molar-refractivity contribution in [3.63, 3.8) is 0 Å². The summed E-state index contributed by atoms with van der Waals surface area (Å²) < 4.78 is 69.6. The molecule has 1 aromatic rings. The van der Waals surface area contributed by atoms with Crippen LogP contribution < -0.4 is 4.74 Å². The van der Waals surface area contributed by atoms with Crippen molar-refractivity contribution in [2.45, 2.75) is 95.1 Å². The van der Waals surface area contributed by atoms with Crippen LogP contribution in [0.15, 0.2) is 12.1 Å². The van der Waals surface area contributed by atoms with Gasteiger partial charge in [0, 0.05) is 8.80 Å². The number of benzene rings is 1. The van der Waals surface area contributed by atoms with Crippen LogP contribution in [0.2, 0.25) is 18.1 Å². The van der Waals surface area contributed by atoms with E-state index in [4.69, 9.17) is 0 Å². The Bertz CT molecular complexity index is 645. The molecule has 3 rings (SSSR count). The molecule has 0 aromatic heterocycles. The first-order chi connectivity index (χ1) is 14.3. The van der Waals surface area contributed by atoms with E-state index >= 15 is 0 Å². The third-order valence-corrected chi connectivity index (χ3v) is 10.8. The molecule has 1 nitrogen and oxygen atoms in total. The van der Waals surface area contributed by atoms with Gasteiger partial charge in [0.25, 0.3) is 0 Å². The summed E-state index contributed by atoms with van der Waals surface area (Å²) in [5, 5.41) is 0.